The van der Waals surface area contributed by atoms with Crippen molar-refractivity contribution in [3.63, 3.8) is 0 Å². The summed E-state index contributed by atoms with van der Waals surface area (Å²) in [5, 5.41) is 7.45. The van der Waals surface area contributed by atoms with E-state index in [1.165, 1.54) is 6.33 Å². The maximum atomic E-state index is 11.8. The second-order valence-corrected chi connectivity index (χ2v) is 7.20. The normalized spacial score (nSPS) is 17.4. The van der Waals surface area contributed by atoms with Crippen LogP contribution >= 0.6 is 0 Å². The van der Waals surface area contributed by atoms with Gasteiger partial charge in [-0.3, -0.25) is 4.79 Å². The molecule has 2 aliphatic rings. The first kappa shape index (κ1) is 16.1. The van der Waals surface area contributed by atoms with Crippen LogP contribution in [0.25, 0.3) is 22.7 Å². The fourth-order valence-electron chi connectivity index (χ4n) is 3.75. The molecule has 0 radical (unpaired) electrons. The summed E-state index contributed by atoms with van der Waals surface area (Å²) in [7, 11) is 1.85. The minimum atomic E-state index is -0.360. The summed E-state index contributed by atoms with van der Waals surface area (Å²) >= 11 is 0. The van der Waals surface area contributed by atoms with Crippen LogP contribution in [0.2, 0.25) is 0 Å². The van der Waals surface area contributed by atoms with Crippen molar-refractivity contribution in [1.82, 2.24) is 24.3 Å². The van der Waals surface area contributed by atoms with Crippen LogP contribution in [0.1, 0.15) is 19.3 Å². The lowest BCUT2D eigenvalue weighted by Crippen LogP contribution is -2.37. The molecule has 2 aromatic heterocycles. The van der Waals surface area contributed by atoms with Crippen LogP contribution in [0.5, 0.6) is 5.75 Å². The molecule has 3 N–H and O–H groups in total. The smallest absolute Gasteiger partial charge is 0.240 e. The Morgan fingerprint density at radius 3 is 2.93 bits per heavy atom. The Labute approximate surface area is 155 Å². The van der Waals surface area contributed by atoms with Gasteiger partial charge in [0, 0.05) is 25.3 Å². The number of nitrogens with zero attached hydrogens (tertiary/aromatic N) is 5. The van der Waals surface area contributed by atoms with E-state index in [0.29, 0.717) is 18.3 Å². The van der Waals surface area contributed by atoms with Gasteiger partial charge in [0.2, 0.25) is 5.91 Å². The summed E-state index contributed by atoms with van der Waals surface area (Å²) in [6.45, 7) is 1.42. The Kier molecular flexibility index (Phi) is 3.56. The van der Waals surface area contributed by atoms with Gasteiger partial charge in [-0.15, -0.1) is 0 Å². The maximum absolute atomic E-state index is 11.8. The van der Waals surface area contributed by atoms with E-state index in [4.69, 9.17) is 15.5 Å². The van der Waals surface area contributed by atoms with E-state index < -0.39 is 0 Å². The number of aryl methyl sites for hydroxylation is 2. The number of anilines is 1. The number of rotatable bonds is 5. The molecular weight excluding hydrogens is 346 g/mol. The highest BCUT2D eigenvalue weighted by atomic mass is 16.5. The van der Waals surface area contributed by atoms with Gasteiger partial charge in [0.15, 0.2) is 11.6 Å². The Hall–Kier alpha value is -3.10. The van der Waals surface area contributed by atoms with Crippen molar-refractivity contribution < 1.29 is 9.53 Å². The molecule has 1 aliphatic carbocycles. The van der Waals surface area contributed by atoms with Gasteiger partial charge in [0.1, 0.15) is 23.6 Å². The van der Waals surface area contributed by atoms with Gasteiger partial charge in [0.25, 0.3) is 0 Å². The Morgan fingerprint density at radius 2 is 2.22 bits per heavy atom. The summed E-state index contributed by atoms with van der Waals surface area (Å²) in [5.74, 6) is 2.22. The molecule has 3 aromatic rings. The van der Waals surface area contributed by atoms with Crippen LogP contribution < -0.4 is 15.8 Å². The molecule has 1 saturated carbocycles. The second kappa shape index (κ2) is 5.97. The van der Waals surface area contributed by atoms with Gasteiger partial charge in [-0.1, -0.05) is 0 Å². The minimum Gasteiger partial charge on any atom is -0.491 e. The molecule has 9 heteroatoms. The van der Waals surface area contributed by atoms with Crippen LogP contribution in [-0.4, -0.2) is 42.9 Å². The number of aromatic nitrogens is 5. The van der Waals surface area contributed by atoms with Gasteiger partial charge in [0.05, 0.1) is 12.1 Å². The number of amides is 1. The average molecular weight is 367 g/mol. The van der Waals surface area contributed by atoms with Crippen LogP contribution in [0.15, 0.2) is 18.5 Å². The first-order valence-electron chi connectivity index (χ1n) is 9.19. The third kappa shape index (κ3) is 2.70. The predicted molar refractivity (Wildman–Crippen MR) is 99.2 cm³/mol. The molecule has 0 unspecified atom stereocenters. The van der Waals surface area contributed by atoms with E-state index in [0.717, 1.165) is 54.1 Å². The molecule has 140 valence electrons. The second-order valence-electron chi connectivity index (χ2n) is 7.20. The number of carbonyl (C=O) groups excluding carboxylic acids is 1. The zero-order chi connectivity index (χ0) is 18.5. The molecule has 1 fully saturated rings. The summed E-state index contributed by atoms with van der Waals surface area (Å²) in [4.78, 5) is 21.0. The molecule has 0 saturated heterocycles. The number of ether oxygens (including phenoxy) is 1. The first-order valence-corrected chi connectivity index (χ1v) is 9.19. The van der Waals surface area contributed by atoms with Crippen LogP contribution in [0.4, 0.5) is 5.69 Å². The van der Waals surface area contributed by atoms with E-state index in [-0.39, 0.29) is 11.9 Å². The van der Waals surface area contributed by atoms with Crippen molar-refractivity contribution in [2.75, 3.05) is 11.9 Å². The fraction of sp³-hybridized carbons (Fsp3) is 0.444. The van der Waals surface area contributed by atoms with E-state index in [1.807, 2.05) is 19.2 Å². The van der Waals surface area contributed by atoms with Gasteiger partial charge in [-0.05, 0) is 31.2 Å². The van der Waals surface area contributed by atoms with Crippen LogP contribution in [0.3, 0.4) is 0 Å². The van der Waals surface area contributed by atoms with E-state index in [2.05, 4.69) is 20.0 Å². The lowest BCUT2D eigenvalue weighted by atomic mass is 10.1. The number of hydrogen-bond acceptors (Lipinski definition) is 6. The quantitative estimate of drug-likeness (QED) is 0.703. The van der Waals surface area contributed by atoms with Gasteiger partial charge in [-0.2, -0.15) is 5.10 Å². The van der Waals surface area contributed by atoms with Crippen LogP contribution in [-0.2, 0) is 18.4 Å². The van der Waals surface area contributed by atoms with Gasteiger partial charge in [-0.25, -0.2) is 14.6 Å². The number of imidazole rings is 1. The molecular formula is C18H21N7O2. The maximum Gasteiger partial charge on any atom is 0.240 e. The third-order valence-corrected chi connectivity index (χ3v) is 5.22. The van der Waals surface area contributed by atoms with Crippen molar-refractivity contribution in [1.29, 1.82) is 0 Å². The largest absolute Gasteiger partial charge is 0.491 e. The highest BCUT2D eigenvalue weighted by Gasteiger charge is 2.35. The molecule has 1 aromatic carbocycles. The van der Waals surface area contributed by atoms with Gasteiger partial charge >= 0.3 is 0 Å². The summed E-state index contributed by atoms with van der Waals surface area (Å²) in [6, 6.07) is 3.52. The standard InChI is InChI=1S/C18H21N7O2/c1-24-17(20-9-21-24)18-23-12-7-11(22-14(16(19)26)10-3-4-10)8-13-15(12)25(18)5-2-6-27-13/h7-10,14,22H,2-6H2,1H3,(H2,19,26)/t14-/m0/s1. The number of primary amides is 1. The Bertz CT molecular complexity index is 1030. The highest BCUT2D eigenvalue weighted by molar-refractivity contribution is 5.90. The molecule has 9 nitrogen and oxygen atoms in total. The van der Waals surface area contributed by atoms with Crippen LogP contribution in [0, 0.1) is 5.92 Å². The summed E-state index contributed by atoms with van der Waals surface area (Å²) in [6.07, 6.45) is 4.45. The van der Waals surface area contributed by atoms with Crippen molar-refractivity contribution in [2.45, 2.75) is 31.8 Å². The van der Waals surface area contributed by atoms with E-state index >= 15 is 0 Å². The van der Waals surface area contributed by atoms with Crippen molar-refractivity contribution in [3.8, 4) is 17.4 Å². The topological polar surface area (TPSA) is 113 Å². The lowest BCUT2D eigenvalue weighted by molar-refractivity contribution is -0.119. The number of hydrogen-bond donors (Lipinski definition) is 2. The van der Waals surface area contributed by atoms with Crippen molar-refractivity contribution in [2.24, 2.45) is 18.7 Å². The molecule has 27 heavy (non-hydrogen) atoms. The number of benzene rings is 1. The summed E-state index contributed by atoms with van der Waals surface area (Å²) in [5.41, 5.74) is 8.12. The zero-order valence-electron chi connectivity index (χ0n) is 15.1. The summed E-state index contributed by atoms with van der Waals surface area (Å²) < 4.78 is 9.83. The predicted octanol–water partition coefficient (Wildman–Crippen LogP) is 1.29. The molecule has 0 spiro atoms. The Balaban J connectivity index is 1.63. The highest BCUT2D eigenvalue weighted by Crippen LogP contribution is 2.38. The van der Waals surface area contributed by atoms with E-state index in [1.54, 1.807) is 4.68 Å². The number of nitrogens with two attached hydrogens (primary N) is 1. The van der Waals surface area contributed by atoms with Crippen molar-refractivity contribution >= 4 is 22.6 Å². The average Bonchev–Trinajstić information content (AvgIpc) is 3.33. The lowest BCUT2D eigenvalue weighted by Gasteiger charge is -2.17. The first-order chi connectivity index (χ1) is 13.1. The molecule has 0 bridgehead atoms. The monoisotopic (exact) mass is 367 g/mol. The van der Waals surface area contributed by atoms with E-state index in [9.17, 15) is 4.79 Å². The van der Waals surface area contributed by atoms with Gasteiger partial charge < -0.3 is 20.4 Å². The zero-order valence-corrected chi connectivity index (χ0v) is 15.1. The SMILES string of the molecule is Cn1ncnc1-c1nc2cc(N[C@H](C(N)=O)C3CC3)cc3c2n1CCCO3. The molecule has 1 amide bonds. The number of carbonyl (C=O) groups is 1. The fourth-order valence-corrected chi connectivity index (χ4v) is 3.75. The molecule has 5 rings (SSSR count). The Morgan fingerprint density at radius 1 is 1.37 bits per heavy atom. The third-order valence-electron chi connectivity index (χ3n) is 5.22. The molecule has 1 atom stereocenters. The molecule has 3 heterocycles. The minimum absolute atomic E-state index is 0.310. The molecule has 1 aliphatic heterocycles. The number of nitrogens with one attached hydrogen (secondary N) is 1. The van der Waals surface area contributed by atoms with Crippen molar-refractivity contribution in [3.05, 3.63) is 18.5 Å².